The zero-order valence-electron chi connectivity index (χ0n) is 5.19. The van der Waals surface area contributed by atoms with Crippen LogP contribution in [0.25, 0.3) is 0 Å². The topological polar surface area (TPSA) is 12.0 Å². The third kappa shape index (κ3) is 1.19. The van der Waals surface area contributed by atoms with E-state index >= 15 is 0 Å². The molecule has 1 saturated carbocycles. The van der Waals surface area contributed by atoms with Gasteiger partial charge >= 0.3 is 0 Å². The highest BCUT2D eigenvalue weighted by Crippen LogP contribution is 2.43. The van der Waals surface area contributed by atoms with Gasteiger partial charge in [-0.05, 0) is 19.3 Å². The van der Waals surface area contributed by atoms with Crippen LogP contribution in [0.1, 0.15) is 19.3 Å². The van der Waals surface area contributed by atoms with Gasteiger partial charge in [0.05, 0.1) is 0 Å². The second kappa shape index (κ2) is 2.10. The van der Waals surface area contributed by atoms with Crippen LogP contribution in [-0.4, -0.2) is 18.3 Å². The Kier molecular flexibility index (Phi) is 1.70. The van der Waals surface area contributed by atoms with Crippen LogP contribution >= 0.6 is 12.4 Å². The molecule has 0 aromatic heterocycles. The lowest BCUT2D eigenvalue weighted by atomic mass is 10.2. The summed E-state index contributed by atoms with van der Waals surface area (Å²) in [6.45, 7) is 0.597. The molecule has 9 heavy (non-hydrogen) atoms. The minimum atomic E-state index is -0.558. The fourth-order valence-electron chi connectivity index (χ4n) is 1.43. The average Bonchev–Trinajstić information content (AvgIpc) is 2.34. The summed E-state index contributed by atoms with van der Waals surface area (Å²) in [5, 5.41) is 3.18. The third-order valence-electron chi connectivity index (χ3n) is 2.16. The monoisotopic (exact) mass is 151 g/mol. The van der Waals surface area contributed by atoms with Gasteiger partial charge in [-0.3, -0.25) is 0 Å². The zero-order chi connectivity index (χ0) is 5.61. The van der Waals surface area contributed by atoms with Crippen LogP contribution in [0.4, 0.5) is 4.39 Å². The van der Waals surface area contributed by atoms with Crippen molar-refractivity contribution in [3.05, 3.63) is 0 Å². The lowest BCUT2D eigenvalue weighted by Crippen LogP contribution is -2.22. The van der Waals surface area contributed by atoms with Crippen LogP contribution in [0, 0.1) is 0 Å². The maximum atomic E-state index is 12.4. The highest BCUT2D eigenvalue weighted by molar-refractivity contribution is 5.85. The molecule has 1 heterocycles. The van der Waals surface area contributed by atoms with Crippen molar-refractivity contribution in [1.29, 1.82) is 0 Å². The van der Waals surface area contributed by atoms with Gasteiger partial charge in [0.1, 0.15) is 6.17 Å². The van der Waals surface area contributed by atoms with Gasteiger partial charge in [-0.2, -0.15) is 0 Å². The van der Waals surface area contributed by atoms with Gasteiger partial charge in [0, 0.05) is 12.1 Å². The first-order valence-electron chi connectivity index (χ1n) is 3.20. The Hall–Kier alpha value is 0.180. The van der Waals surface area contributed by atoms with E-state index in [0.717, 1.165) is 6.42 Å². The average molecular weight is 152 g/mol. The third-order valence-corrected chi connectivity index (χ3v) is 2.16. The van der Waals surface area contributed by atoms with Crippen LogP contribution in [0.5, 0.6) is 0 Å². The predicted molar refractivity (Wildman–Crippen MR) is 36.7 cm³/mol. The molecular weight excluding hydrogens is 141 g/mol. The number of alkyl halides is 1. The van der Waals surface area contributed by atoms with Crippen molar-refractivity contribution in [2.24, 2.45) is 0 Å². The maximum absolute atomic E-state index is 12.4. The molecule has 0 aromatic rings. The van der Waals surface area contributed by atoms with E-state index in [-0.39, 0.29) is 12.4 Å². The van der Waals surface area contributed by atoms with Crippen LogP contribution in [0.15, 0.2) is 0 Å². The summed E-state index contributed by atoms with van der Waals surface area (Å²) in [6.07, 6.45) is 2.62. The molecule has 2 fully saturated rings. The smallest absolute Gasteiger partial charge is 0.114 e. The van der Waals surface area contributed by atoms with Gasteiger partial charge in [0.15, 0.2) is 0 Å². The molecule has 3 heteroatoms. The zero-order valence-corrected chi connectivity index (χ0v) is 6.01. The Morgan fingerprint density at radius 2 is 2.11 bits per heavy atom. The van der Waals surface area contributed by atoms with E-state index in [0.29, 0.717) is 12.1 Å². The molecule has 2 aliphatic rings. The largest absolute Gasteiger partial charge is 0.308 e. The second-order valence-electron chi connectivity index (χ2n) is 2.96. The van der Waals surface area contributed by atoms with E-state index in [2.05, 4.69) is 5.32 Å². The summed E-state index contributed by atoms with van der Waals surface area (Å²) < 4.78 is 12.4. The van der Waals surface area contributed by atoms with Crippen molar-refractivity contribution in [3.63, 3.8) is 0 Å². The van der Waals surface area contributed by atoms with Gasteiger partial charge in [0.2, 0.25) is 0 Å². The Labute approximate surface area is 60.4 Å². The summed E-state index contributed by atoms with van der Waals surface area (Å²) in [7, 11) is 0. The predicted octanol–water partition coefficient (Wildman–Crippen LogP) is 1.27. The summed E-state index contributed by atoms with van der Waals surface area (Å²) in [6, 6.07) is 0. The number of rotatable bonds is 0. The molecule has 54 valence electrons. The SMILES string of the molecule is Cl.FC1CNC2(CC2)C1. The normalized spacial score (nSPS) is 36.3. The van der Waals surface area contributed by atoms with Gasteiger partial charge in [0.25, 0.3) is 0 Å². The van der Waals surface area contributed by atoms with Gasteiger partial charge in [-0.15, -0.1) is 12.4 Å². The van der Waals surface area contributed by atoms with Crippen molar-refractivity contribution in [3.8, 4) is 0 Å². The van der Waals surface area contributed by atoms with E-state index in [1.54, 1.807) is 0 Å². The fraction of sp³-hybridized carbons (Fsp3) is 1.00. The fourth-order valence-corrected chi connectivity index (χ4v) is 1.43. The lowest BCUT2D eigenvalue weighted by molar-refractivity contribution is 0.353. The molecule has 1 nitrogen and oxygen atoms in total. The van der Waals surface area contributed by atoms with E-state index in [4.69, 9.17) is 0 Å². The molecule has 0 aromatic carbocycles. The molecule has 1 N–H and O–H groups in total. The minimum absolute atomic E-state index is 0. The van der Waals surface area contributed by atoms with Crippen LogP contribution < -0.4 is 5.32 Å². The van der Waals surface area contributed by atoms with Crippen molar-refractivity contribution < 1.29 is 4.39 Å². The Balaban J connectivity index is 0.000000405. The number of hydrogen-bond acceptors (Lipinski definition) is 1. The molecule has 1 unspecified atom stereocenters. The van der Waals surface area contributed by atoms with Gasteiger partial charge < -0.3 is 5.32 Å². The van der Waals surface area contributed by atoms with E-state index in [1.807, 2.05) is 0 Å². The van der Waals surface area contributed by atoms with Crippen LogP contribution in [0.2, 0.25) is 0 Å². The van der Waals surface area contributed by atoms with Gasteiger partial charge in [-0.1, -0.05) is 0 Å². The summed E-state index contributed by atoms with van der Waals surface area (Å²) in [5.41, 5.74) is 0.291. The van der Waals surface area contributed by atoms with E-state index < -0.39 is 6.17 Å². The number of hydrogen-bond donors (Lipinski definition) is 1. The van der Waals surface area contributed by atoms with Crippen LogP contribution in [0.3, 0.4) is 0 Å². The molecule has 0 amide bonds. The summed E-state index contributed by atoms with van der Waals surface area (Å²) >= 11 is 0. The van der Waals surface area contributed by atoms with E-state index in [9.17, 15) is 4.39 Å². The standard InChI is InChI=1S/C6H10FN.ClH/c7-5-3-6(1-2-6)8-4-5;/h5,8H,1-4H2;1H. The molecule has 1 aliphatic heterocycles. The molecule has 0 radical (unpaired) electrons. The Morgan fingerprint density at radius 3 is 2.33 bits per heavy atom. The first kappa shape index (κ1) is 7.29. The number of halogens is 2. The molecule has 1 aliphatic carbocycles. The first-order valence-corrected chi connectivity index (χ1v) is 3.20. The summed E-state index contributed by atoms with van der Waals surface area (Å²) in [5.74, 6) is 0. The van der Waals surface area contributed by atoms with Crippen LogP contribution in [-0.2, 0) is 0 Å². The quantitative estimate of drug-likeness (QED) is 0.550. The van der Waals surface area contributed by atoms with Crippen molar-refractivity contribution in [1.82, 2.24) is 5.32 Å². The van der Waals surface area contributed by atoms with Crippen molar-refractivity contribution in [2.45, 2.75) is 31.0 Å². The second-order valence-corrected chi connectivity index (χ2v) is 2.96. The molecule has 1 atom stereocenters. The Morgan fingerprint density at radius 1 is 1.44 bits per heavy atom. The molecule has 2 rings (SSSR count). The van der Waals surface area contributed by atoms with Crippen molar-refractivity contribution in [2.75, 3.05) is 6.54 Å². The molecule has 1 saturated heterocycles. The maximum Gasteiger partial charge on any atom is 0.114 e. The first-order chi connectivity index (χ1) is 3.81. The summed E-state index contributed by atoms with van der Waals surface area (Å²) in [4.78, 5) is 0. The minimum Gasteiger partial charge on any atom is -0.308 e. The van der Waals surface area contributed by atoms with Gasteiger partial charge in [-0.25, -0.2) is 4.39 Å². The number of nitrogens with one attached hydrogen (secondary N) is 1. The molecular formula is C6H11ClFN. The Bertz CT molecular complexity index is 114. The highest BCUT2D eigenvalue weighted by atomic mass is 35.5. The molecule has 0 bridgehead atoms. The highest BCUT2D eigenvalue weighted by Gasteiger charge is 2.48. The molecule has 1 spiro atoms. The van der Waals surface area contributed by atoms with Crippen molar-refractivity contribution >= 4 is 12.4 Å². The lowest BCUT2D eigenvalue weighted by Gasteiger charge is -2.00. The van der Waals surface area contributed by atoms with E-state index in [1.165, 1.54) is 12.8 Å².